The highest BCUT2D eigenvalue weighted by atomic mass is 32.2. The summed E-state index contributed by atoms with van der Waals surface area (Å²) in [5, 5.41) is -0.0916. The van der Waals surface area contributed by atoms with Gasteiger partial charge in [-0.3, -0.25) is 9.59 Å². The minimum absolute atomic E-state index is 0.0916. The summed E-state index contributed by atoms with van der Waals surface area (Å²) in [6.07, 6.45) is -2.61. The van der Waals surface area contributed by atoms with E-state index in [1.807, 2.05) is 0 Å². The molecule has 0 spiro atoms. The van der Waals surface area contributed by atoms with E-state index in [0.29, 0.717) is 5.56 Å². The summed E-state index contributed by atoms with van der Waals surface area (Å²) in [5.41, 5.74) is -1.75. The molecular formula is C25H19F5N2O5S. The summed E-state index contributed by atoms with van der Waals surface area (Å²) in [6.45, 7) is -3.21. The molecule has 2 aromatic heterocycles. The largest absolute Gasteiger partial charge is 0.435 e. The number of ketones is 1. The van der Waals surface area contributed by atoms with Crippen molar-refractivity contribution >= 4 is 26.5 Å². The number of ether oxygens (including phenoxy) is 1. The van der Waals surface area contributed by atoms with Crippen LogP contribution in [-0.2, 0) is 22.6 Å². The second kappa shape index (κ2) is 10.0. The molecule has 13 heteroatoms. The second-order valence-electron chi connectivity index (χ2n) is 8.47. The molecule has 0 atom stereocenters. The number of H-pyrrole nitrogens is 1. The van der Waals surface area contributed by atoms with Crippen molar-refractivity contribution in [3.63, 3.8) is 0 Å². The number of hydrogen-bond acceptors (Lipinski definition) is 5. The number of Topliss-reactive ketones (excluding diaryl/α,β-unsaturated/α-hetero) is 1. The average Bonchev–Trinajstić information content (AvgIpc) is 3.12. The van der Waals surface area contributed by atoms with E-state index < -0.39 is 45.3 Å². The number of carbonyl (C=O) groups excluding carboxylic acids is 1. The summed E-state index contributed by atoms with van der Waals surface area (Å²) in [5.74, 6) is -2.04. The first-order valence-corrected chi connectivity index (χ1v) is 13.0. The topological polar surface area (TPSA) is 98.2 Å². The first kappa shape index (κ1) is 27.0. The lowest BCUT2D eigenvalue weighted by Crippen LogP contribution is -2.20. The number of hydrogen-bond donors (Lipinski definition) is 1. The van der Waals surface area contributed by atoms with Crippen LogP contribution in [-0.4, -0.2) is 42.4 Å². The highest BCUT2D eigenvalue weighted by molar-refractivity contribution is 7.91. The monoisotopic (exact) mass is 554 g/mol. The van der Waals surface area contributed by atoms with E-state index in [-0.39, 0.29) is 40.0 Å². The Morgan fingerprint density at radius 3 is 2.34 bits per heavy atom. The van der Waals surface area contributed by atoms with Gasteiger partial charge in [0.25, 0.3) is 5.56 Å². The number of sulfone groups is 1. The number of rotatable bonds is 8. The fraction of sp³-hybridized carbons (Fsp3) is 0.200. The van der Waals surface area contributed by atoms with Gasteiger partial charge in [0.1, 0.15) is 11.5 Å². The standard InChI is InChI=1S/C25H19F5N2O5S/c1-38(35,36)13-20(33)22-21(17-3-2-10-31-23(17)34)18-11-15(25(28,29)30)6-9-19(18)32(22)12-14-4-7-16(8-5-14)37-24(26)27/h2-11,24H,12-13H2,1H3,(H,31,34). The van der Waals surface area contributed by atoms with Crippen molar-refractivity contribution < 1.29 is 39.9 Å². The molecule has 38 heavy (non-hydrogen) atoms. The molecule has 4 rings (SSSR count). The van der Waals surface area contributed by atoms with Gasteiger partial charge in [-0.15, -0.1) is 0 Å². The Morgan fingerprint density at radius 1 is 1.08 bits per heavy atom. The van der Waals surface area contributed by atoms with Crippen LogP contribution in [0.4, 0.5) is 22.0 Å². The number of nitrogens with zero attached hydrogens (tertiary/aromatic N) is 1. The van der Waals surface area contributed by atoms with Crippen molar-refractivity contribution in [2.24, 2.45) is 0 Å². The number of carbonyl (C=O) groups is 1. The van der Waals surface area contributed by atoms with E-state index in [2.05, 4.69) is 9.72 Å². The predicted molar refractivity (Wildman–Crippen MR) is 129 cm³/mol. The van der Waals surface area contributed by atoms with E-state index in [0.717, 1.165) is 24.5 Å². The summed E-state index contributed by atoms with van der Waals surface area (Å²) in [4.78, 5) is 28.5. The predicted octanol–water partition coefficient (Wildman–Crippen LogP) is 4.89. The van der Waals surface area contributed by atoms with Crippen molar-refractivity contribution in [1.82, 2.24) is 9.55 Å². The Bertz CT molecular complexity index is 1670. The van der Waals surface area contributed by atoms with E-state index in [1.54, 1.807) is 0 Å². The summed E-state index contributed by atoms with van der Waals surface area (Å²) in [6, 6.07) is 10.8. The van der Waals surface area contributed by atoms with Crippen LogP contribution in [0, 0.1) is 0 Å². The fourth-order valence-corrected chi connectivity index (χ4v) is 4.75. The Hall–Kier alpha value is -4.00. The molecule has 1 N–H and O–H groups in total. The maximum atomic E-state index is 13.6. The lowest BCUT2D eigenvalue weighted by atomic mass is 10.0. The van der Waals surface area contributed by atoms with Crippen LogP contribution in [0.25, 0.3) is 22.0 Å². The zero-order chi connectivity index (χ0) is 27.8. The molecule has 0 radical (unpaired) electrons. The molecule has 0 amide bonds. The minimum atomic E-state index is -4.74. The third kappa shape index (κ3) is 5.77. The van der Waals surface area contributed by atoms with Gasteiger partial charge in [0.2, 0.25) is 0 Å². The SMILES string of the molecule is CS(=O)(=O)CC(=O)c1c(-c2ccc[nH]c2=O)c2cc(C(F)(F)F)ccc2n1Cc1ccc(OC(F)F)cc1. The van der Waals surface area contributed by atoms with Crippen molar-refractivity contribution in [3.8, 4) is 16.9 Å². The van der Waals surface area contributed by atoms with Gasteiger partial charge in [-0.1, -0.05) is 12.1 Å². The molecule has 0 aliphatic rings. The smallest absolute Gasteiger partial charge is 0.416 e. The van der Waals surface area contributed by atoms with Gasteiger partial charge in [-0.25, -0.2) is 8.42 Å². The Balaban J connectivity index is 2.02. The molecule has 0 fully saturated rings. The van der Waals surface area contributed by atoms with Crippen LogP contribution in [0.3, 0.4) is 0 Å². The number of aromatic amines is 1. The van der Waals surface area contributed by atoms with Crippen LogP contribution < -0.4 is 10.3 Å². The summed E-state index contributed by atoms with van der Waals surface area (Å²) in [7, 11) is -3.87. The van der Waals surface area contributed by atoms with E-state index >= 15 is 0 Å². The number of halogens is 5. The van der Waals surface area contributed by atoms with Gasteiger partial charge in [0.05, 0.1) is 11.3 Å². The third-order valence-electron chi connectivity index (χ3n) is 5.62. The van der Waals surface area contributed by atoms with E-state index in [1.165, 1.54) is 47.2 Å². The molecule has 200 valence electrons. The molecule has 2 aromatic carbocycles. The van der Waals surface area contributed by atoms with E-state index in [9.17, 15) is 40.0 Å². The number of alkyl halides is 5. The highest BCUT2D eigenvalue weighted by Gasteiger charge is 2.33. The van der Waals surface area contributed by atoms with Gasteiger partial charge in [-0.2, -0.15) is 22.0 Å². The quantitative estimate of drug-likeness (QED) is 0.247. The first-order valence-electron chi connectivity index (χ1n) is 10.9. The Morgan fingerprint density at radius 2 is 1.76 bits per heavy atom. The maximum absolute atomic E-state index is 13.6. The van der Waals surface area contributed by atoms with Crippen LogP contribution >= 0.6 is 0 Å². The van der Waals surface area contributed by atoms with Crippen LogP contribution in [0.1, 0.15) is 21.6 Å². The summed E-state index contributed by atoms with van der Waals surface area (Å²) < 4.78 is 95.5. The molecule has 4 aromatic rings. The van der Waals surface area contributed by atoms with Crippen molar-refractivity contribution in [2.75, 3.05) is 12.0 Å². The number of aromatic nitrogens is 2. The fourth-order valence-electron chi connectivity index (χ4n) is 4.14. The first-order chi connectivity index (χ1) is 17.7. The molecular weight excluding hydrogens is 535 g/mol. The van der Waals surface area contributed by atoms with Crippen LogP contribution in [0.5, 0.6) is 5.75 Å². The second-order valence-corrected chi connectivity index (χ2v) is 10.6. The van der Waals surface area contributed by atoms with E-state index in [4.69, 9.17) is 0 Å². The number of fused-ring (bicyclic) bond motifs is 1. The number of benzene rings is 2. The highest BCUT2D eigenvalue weighted by Crippen LogP contribution is 2.39. The zero-order valence-corrected chi connectivity index (χ0v) is 20.4. The Labute approximate surface area is 212 Å². The molecule has 2 heterocycles. The number of nitrogens with one attached hydrogen (secondary N) is 1. The maximum Gasteiger partial charge on any atom is 0.416 e. The van der Waals surface area contributed by atoms with Crippen molar-refractivity contribution in [3.05, 3.63) is 88.0 Å². The van der Waals surface area contributed by atoms with Gasteiger partial charge < -0.3 is 14.3 Å². The number of pyridine rings is 1. The zero-order valence-electron chi connectivity index (χ0n) is 19.6. The van der Waals surface area contributed by atoms with Gasteiger partial charge in [0.15, 0.2) is 15.6 Å². The van der Waals surface area contributed by atoms with Crippen LogP contribution in [0.15, 0.2) is 65.6 Å². The third-order valence-corrected chi connectivity index (χ3v) is 6.41. The molecule has 0 aliphatic heterocycles. The minimum Gasteiger partial charge on any atom is -0.435 e. The molecule has 0 saturated heterocycles. The summed E-state index contributed by atoms with van der Waals surface area (Å²) >= 11 is 0. The van der Waals surface area contributed by atoms with Crippen molar-refractivity contribution in [1.29, 1.82) is 0 Å². The van der Waals surface area contributed by atoms with Gasteiger partial charge >= 0.3 is 12.8 Å². The molecule has 0 aliphatic carbocycles. The average molecular weight is 554 g/mol. The molecule has 0 saturated carbocycles. The lowest BCUT2D eigenvalue weighted by Gasteiger charge is -2.13. The molecule has 0 bridgehead atoms. The lowest BCUT2D eigenvalue weighted by molar-refractivity contribution is -0.137. The Kier molecular flexibility index (Phi) is 7.15. The molecule has 7 nitrogen and oxygen atoms in total. The molecule has 0 unspecified atom stereocenters. The van der Waals surface area contributed by atoms with Crippen LogP contribution in [0.2, 0.25) is 0 Å². The van der Waals surface area contributed by atoms with Gasteiger partial charge in [0, 0.05) is 41.0 Å². The normalized spacial score (nSPS) is 12.3. The van der Waals surface area contributed by atoms with Gasteiger partial charge in [-0.05, 0) is 48.0 Å². The van der Waals surface area contributed by atoms with Crippen molar-refractivity contribution in [2.45, 2.75) is 19.3 Å².